The van der Waals surface area contributed by atoms with Crippen molar-refractivity contribution < 1.29 is 4.79 Å². The highest BCUT2D eigenvalue weighted by molar-refractivity contribution is 5.97. The summed E-state index contributed by atoms with van der Waals surface area (Å²) in [5.41, 5.74) is 1.16. The van der Waals surface area contributed by atoms with Crippen LogP contribution >= 0.6 is 0 Å². The van der Waals surface area contributed by atoms with Crippen molar-refractivity contribution in [3.8, 4) is 5.69 Å². The highest BCUT2D eigenvalue weighted by Crippen LogP contribution is 2.22. The second-order valence-electron chi connectivity index (χ2n) is 7.01. The van der Waals surface area contributed by atoms with E-state index >= 15 is 0 Å². The van der Waals surface area contributed by atoms with Gasteiger partial charge in [0.05, 0.1) is 23.6 Å². The number of nitrogens with one attached hydrogen (secondary N) is 1. The summed E-state index contributed by atoms with van der Waals surface area (Å²) in [6, 6.07) is 7.31. The summed E-state index contributed by atoms with van der Waals surface area (Å²) < 4.78 is 3.57. The molecule has 3 aromatic rings. The molecule has 0 saturated carbocycles. The number of hydrogen-bond donors (Lipinski definition) is 1. The van der Waals surface area contributed by atoms with Crippen molar-refractivity contribution in [2.24, 2.45) is 5.41 Å². The lowest BCUT2D eigenvalue weighted by atomic mass is 9.86. The van der Waals surface area contributed by atoms with Crippen molar-refractivity contribution >= 4 is 5.91 Å². The highest BCUT2D eigenvalue weighted by Gasteiger charge is 2.27. The molecule has 0 aliphatic heterocycles. The zero-order valence-electron chi connectivity index (χ0n) is 14.6. The van der Waals surface area contributed by atoms with E-state index in [4.69, 9.17) is 0 Å². The fourth-order valence-corrected chi connectivity index (χ4v) is 2.58. The maximum atomic E-state index is 12.9. The third-order valence-corrected chi connectivity index (χ3v) is 4.12. The molecule has 0 unspecified atom stereocenters. The Morgan fingerprint density at radius 2 is 2.00 bits per heavy atom. The lowest BCUT2D eigenvalue weighted by molar-refractivity contribution is 0.0892. The molecule has 1 atom stereocenters. The van der Waals surface area contributed by atoms with Gasteiger partial charge in [0.25, 0.3) is 5.91 Å². The van der Waals surface area contributed by atoms with Crippen LogP contribution < -0.4 is 5.32 Å². The minimum absolute atomic E-state index is 0.0574. The molecule has 7 nitrogen and oxygen atoms in total. The van der Waals surface area contributed by atoms with Crippen molar-refractivity contribution in [2.45, 2.75) is 33.4 Å². The molecule has 1 aromatic carbocycles. The number of benzene rings is 1. The molecule has 130 valence electrons. The minimum atomic E-state index is -0.133. The van der Waals surface area contributed by atoms with Crippen molar-refractivity contribution in [1.29, 1.82) is 0 Å². The van der Waals surface area contributed by atoms with Gasteiger partial charge in [0.1, 0.15) is 12.7 Å². The first-order valence-electron chi connectivity index (χ1n) is 8.16. The summed E-state index contributed by atoms with van der Waals surface area (Å²) >= 11 is 0. The Labute approximate surface area is 146 Å². The van der Waals surface area contributed by atoms with Gasteiger partial charge in [-0.05, 0) is 17.5 Å². The Hall–Kier alpha value is -2.96. The molecule has 0 saturated heterocycles. The van der Waals surface area contributed by atoms with Crippen LogP contribution in [0.15, 0.2) is 55.6 Å². The van der Waals surface area contributed by atoms with Crippen molar-refractivity contribution in [3.05, 3.63) is 61.2 Å². The molecular weight excluding hydrogens is 316 g/mol. The molecule has 0 aliphatic rings. The van der Waals surface area contributed by atoms with Crippen LogP contribution in [0.4, 0.5) is 0 Å². The normalized spacial score (nSPS) is 12.8. The molecule has 3 rings (SSSR count). The first kappa shape index (κ1) is 16.9. The van der Waals surface area contributed by atoms with E-state index in [-0.39, 0.29) is 17.4 Å². The molecule has 0 bridgehead atoms. The maximum absolute atomic E-state index is 12.9. The molecule has 0 aliphatic carbocycles. The SMILES string of the molecule is CC(C)(C)[C@@H](Cn1ccnc1)NC(=O)c1ccccc1-n1cncn1. The van der Waals surface area contributed by atoms with Crippen LogP contribution in [0.1, 0.15) is 31.1 Å². The van der Waals surface area contributed by atoms with E-state index in [1.165, 1.54) is 6.33 Å². The lowest BCUT2D eigenvalue weighted by Crippen LogP contribution is -2.46. The number of hydrogen-bond acceptors (Lipinski definition) is 4. The number of imidazole rings is 1. The second-order valence-corrected chi connectivity index (χ2v) is 7.01. The van der Waals surface area contributed by atoms with Crippen LogP contribution in [0.3, 0.4) is 0 Å². The molecule has 2 aromatic heterocycles. The van der Waals surface area contributed by atoms with Gasteiger partial charge in [0.15, 0.2) is 0 Å². The quantitative estimate of drug-likeness (QED) is 0.774. The van der Waals surface area contributed by atoms with Gasteiger partial charge in [-0.3, -0.25) is 4.79 Å². The first-order valence-corrected chi connectivity index (χ1v) is 8.16. The molecule has 1 N–H and O–H groups in total. The van der Waals surface area contributed by atoms with Gasteiger partial charge >= 0.3 is 0 Å². The molecule has 1 amide bonds. The summed E-state index contributed by atoms with van der Waals surface area (Å²) in [4.78, 5) is 21.0. The third kappa shape index (κ3) is 3.93. The number of para-hydroxylation sites is 1. The van der Waals surface area contributed by atoms with E-state index in [0.29, 0.717) is 17.8 Å². The minimum Gasteiger partial charge on any atom is -0.347 e. The largest absolute Gasteiger partial charge is 0.347 e. The van der Waals surface area contributed by atoms with Crippen molar-refractivity contribution in [1.82, 2.24) is 29.6 Å². The van der Waals surface area contributed by atoms with Gasteiger partial charge in [-0.1, -0.05) is 32.9 Å². The Balaban J connectivity index is 1.85. The lowest BCUT2D eigenvalue weighted by Gasteiger charge is -2.32. The van der Waals surface area contributed by atoms with Gasteiger partial charge in [-0.15, -0.1) is 0 Å². The summed E-state index contributed by atoms with van der Waals surface area (Å²) in [5.74, 6) is -0.133. The number of carbonyl (C=O) groups excluding carboxylic acids is 1. The number of amides is 1. The molecule has 25 heavy (non-hydrogen) atoms. The number of carbonyl (C=O) groups is 1. The maximum Gasteiger partial charge on any atom is 0.253 e. The predicted octanol–water partition coefficient (Wildman–Crippen LogP) is 2.31. The number of nitrogens with zero attached hydrogens (tertiary/aromatic N) is 5. The van der Waals surface area contributed by atoms with Gasteiger partial charge in [0.2, 0.25) is 0 Å². The Kier molecular flexibility index (Phi) is 4.65. The monoisotopic (exact) mass is 338 g/mol. The van der Waals surface area contributed by atoms with Crippen LogP contribution in [-0.4, -0.2) is 36.3 Å². The number of aromatic nitrogens is 5. The molecule has 0 fully saturated rings. The predicted molar refractivity (Wildman–Crippen MR) is 94.3 cm³/mol. The fraction of sp³-hybridized carbons (Fsp3) is 0.333. The number of rotatable bonds is 5. The van der Waals surface area contributed by atoms with Crippen LogP contribution in [-0.2, 0) is 6.54 Å². The third-order valence-electron chi connectivity index (χ3n) is 4.12. The van der Waals surface area contributed by atoms with Gasteiger partial charge in [-0.2, -0.15) is 5.10 Å². The van der Waals surface area contributed by atoms with E-state index in [1.807, 2.05) is 29.0 Å². The van der Waals surface area contributed by atoms with E-state index in [1.54, 1.807) is 29.6 Å². The molecule has 0 radical (unpaired) electrons. The zero-order valence-corrected chi connectivity index (χ0v) is 14.6. The Bertz CT molecular complexity index is 818. The molecule has 0 spiro atoms. The summed E-state index contributed by atoms with van der Waals surface area (Å²) in [7, 11) is 0. The average molecular weight is 338 g/mol. The molecule has 7 heteroatoms. The zero-order chi connectivity index (χ0) is 17.9. The van der Waals surface area contributed by atoms with Crippen LogP contribution in [0, 0.1) is 5.41 Å². The second kappa shape index (κ2) is 6.88. The van der Waals surface area contributed by atoms with Gasteiger partial charge in [-0.25, -0.2) is 14.6 Å². The van der Waals surface area contributed by atoms with E-state index in [9.17, 15) is 4.79 Å². The summed E-state index contributed by atoms with van der Waals surface area (Å²) in [6.45, 7) is 6.98. The van der Waals surface area contributed by atoms with Crippen LogP contribution in [0.25, 0.3) is 5.69 Å². The van der Waals surface area contributed by atoms with E-state index < -0.39 is 0 Å². The fourth-order valence-electron chi connectivity index (χ4n) is 2.58. The van der Waals surface area contributed by atoms with Crippen LogP contribution in [0.2, 0.25) is 0 Å². The Morgan fingerprint density at radius 3 is 2.64 bits per heavy atom. The molecular formula is C18H22N6O. The van der Waals surface area contributed by atoms with Gasteiger partial charge < -0.3 is 9.88 Å². The topological polar surface area (TPSA) is 77.6 Å². The van der Waals surface area contributed by atoms with Crippen molar-refractivity contribution in [2.75, 3.05) is 0 Å². The highest BCUT2D eigenvalue weighted by atomic mass is 16.1. The standard InChI is InChI=1S/C18H22N6O/c1-18(2,3)16(10-23-9-8-19-12-23)22-17(25)14-6-4-5-7-15(14)24-13-20-11-21-24/h4-9,11-13,16H,10H2,1-3H3,(H,22,25)/t16-/m1/s1. The van der Waals surface area contributed by atoms with Crippen LogP contribution in [0.5, 0.6) is 0 Å². The Morgan fingerprint density at radius 1 is 1.20 bits per heavy atom. The summed E-state index contributed by atoms with van der Waals surface area (Å²) in [6.07, 6.45) is 8.43. The van der Waals surface area contributed by atoms with Crippen molar-refractivity contribution in [3.63, 3.8) is 0 Å². The van der Waals surface area contributed by atoms with Gasteiger partial charge in [0, 0.05) is 18.9 Å². The first-order chi connectivity index (χ1) is 11.9. The molecule has 2 heterocycles. The summed E-state index contributed by atoms with van der Waals surface area (Å²) in [5, 5.41) is 7.30. The average Bonchev–Trinajstić information content (AvgIpc) is 3.27. The van der Waals surface area contributed by atoms with E-state index in [0.717, 1.165) is 0 Å². The van der Waals surface area contributed by atoms with E-state index in [2.05, 4.69) is 41.2 Å². The smallest absolute Gasteiger partial charge is 0.253 e.